The Morgan fingerprint density at radius 1 is 0.773 bits per heavy atom. The fourth-order valence-corrected chi connectivity index (χ4v) is 2.90. The van der Waals surface area contributed by atoms with Gasteiger partial charge in [0, 0.05) is 0 Å². The maximum atomic E-state index is 9.52. The summed E-state index contributed by atoms with van der Waals surface area (Å²) in [7, 11) is 0. The van der Waals surface area contributed by atoms with Crippen molar-refractivity contribution in [1.82, 2.24) is 0 Å². The number of hydrogen-bond donors (Lipinski definition) is 1. The van der Waals surface area contributed by atoms with Crippen LogP contribution in [0.3, 0.4) is 0 Å². The highest BCUT2D eigenvalue weighted by Gasteiger charge is 2.13. The largest absolute Gasteiger partial charge is 0.392 e. The molecule has 0 amide bonds. The van der Waals surface area contributed by atoms with Gasteiger partial charge < -0.3 is 5.11 Å². The highest BCUT2D eigenvalue weighted by molar-refractivity contribution is 5.98. The predicted octanol–water partition coefficient (Wildman–Crippen LogP) is 5.30. The molecule has 112 valence electrons. The van der Waals surface area contributed by atoms with Crippen LogP contribution in [0.1, 0.15) is 31.9 Å². The Labute approximate surface area is 132 Å². The zero-order valence-electron chi connectivity index (χ0n) is 13.4. The monoisotopic (exact) mass is 290 g/mol. The minimum absolute atomic E-state index is 0.0732. The van der Waals surface area contributed by atoms with Gasteiger partial charge in [0.1, 0.15) is 0 Å². The Balaban J connectivity index is 2.15. The standard InChI is InChI=1S/C21H22O/c1-21(2,3)17-11-8-15(9-12-17)19-13-10-16(14-22)18-6-4-5-7-20(18)19/h4-13,22H,14H2,1-3H3. The number of benzene rings is 3. The average Bonchev–Trinajstić information content (AvgIpc) is 2.53. The first-order valence-electron chi connectivity index (χ1n) is 7.73. The lowest BCUT2D eigenvalue weighted by molar-refractivity contribution is 0.283. The minimum Gasteiger partial charge on any atom is -0.392 e. The van der Waals surface area contributed by atoms with Crippen LogP contribution in [-0.4, -0.2) is 5.11 Å². The highest BCUT2D eigenvalue weighted by atomic mass is 16.3. The van der Waals surface area contributed by atoms with Gasteiger partial charge in [-0.15, -0.1) is 0 Å². The van der Waals surface area contributed by atoms with Gasteiger partial charge in [0.15, 0.2) is 0 Å². The molecule has 3 aromatic carbocycles. The summed E-state index contributed by atoms with van der Waals surface area (Å²) in [6.45, 7) is 6.76. The van der Waals surface area contributed by atoms with E-state index in [0.717, 1.165) is 10.9 Å². The van der Waals surface area contributed by atoms with Crippen molar-refractivity contribution in [1.29, 1.82) is 0 Å². The Hall–Kier alpha value is -2.12. The molecule has 1 heteroatoms. The second-order valence-electron chi connectivity index (χ2n) is 6.80. The zero-order valence-corrected chi connectivity index (χ0v) is 13.4. The molecule has 0 atom stereocenters. The van der Waals surface area contributed by atoms with E-state index in [2.05, 4.69) is 69.3 Å². The topological polar surface area (TPSA) is 20.2 Å². The third kappa shape index (κ3) is 2.65. The summed E-state index contributed by atoms with van der Waals surface area (Å²) in [5.74, 6) is 0. The minimum atomic E-state index is 0.0732. The number of aliphatic hydroxyl groups is 1. The summed E-state index contributed by atoms with van der Waals surface area (Å²) in [5.41, 5.74) is 4.92. The van der Waals surface area contributed by atoms with E-state index in [4.69, 9.17) is 0 Å². The number of fused-ring (bicyclic) bond motifs is 1. The molecule has 22 heavy (non-hydrogen) atoms. The Kier molecular flexibility index (Phi) is 3.76. The molecule has 0 saturated heterocycles. The summed E-state index contributed by atoms with van der Waals surface area (Å²) in [5, 5.41) is 11.8. The average molecular weight is 290 g/mol. The molecule has 0 saturated carbocycles. The number of hydrogen-bond acceptors (Lipinski definition) is 1. The second kappa shape index (κ2) is 5.58. The van der Waals surface area contributed by atoms with Crippen molar-refractivity contribution in [2.45, 2.75) is 32.8 Å². The van der Waals surface area contributed by atoms with Crippen LogP contribution in [0.5, 0.6) is 0 Å². The fourth-order valence-electron chi connectivity index (χ4n) is 2.90. The van der Waals surface area contributed by atoms with Crippen LogP contribution in [0, 0.1) is 0 Å². The smallest absolute Gasteiger partial charge is 0.0687 e. The molecule has 3 rings (SSSR count). The summed E-state index contributed by atoms with van der Waals surface area (Å²) in [4.78, 5) is 0. The van der Waals surface area contributed by atoms with Crippen molar-refractivity contribution in [2.75, 3.05) is 0 Å². The van der Waals surface area contributed by atoms with Crippen molar-refractivity contribution < 1.29 is 5.11 Å². The van der Waals surface area contributed by atoms with Crippen LogP contribution < -0.4 is 0 Å². The summed E-state index contributed by atoms with van der Waals surface area (Å²) >= 11 is 0. The normalized spacial score (nSPS) is 11.8. The summed E-state index contributed by atoms with van der Waals surface area (Å²) in [6.07, 6.45) is 0. The molecule has 0 bridgehead atoms. The van der Waals surface area contributed by atoms with Crippen LogP contribution in [-0.2, 0) is 12.0 Å². The maximum Gasteiger partial charge on any atom is 0.0687 e. The Morgan fingerprint density at radius 2 is 1.41 bits per heavy atom. The number of aliphatic hydroxyl groups excluding tert-OH is 1. The first-order valence-corrected chi connectivity index (χ1v) is 7.73. The Morgan fingerprint density at radius 3 is 2.00 bits per heavy atom. The molecule has 0 heterocycles. The predicted molar refractivity (Wildman–Crippen MR) is 94.0 cm³/mol. The first-order chi connectivity index (χ1) is 10.5. The molecule has 0 spiro atoms. The molecule has 0 fully saturated rings. The molecule has 0 aliphatic rings. The lowest BCUT2D eigenvalue weighted by Gasteiger charge is -2.19. The van der Waals surface area contributed by atoms with Crippen LogP contribution in [0.4, 0.5) is 0 Å². The van der Waals surface area contributed by atoms with E-state index in [-0.39, 0.29) is 12.0 Å². The van der Waals surface area contributed by atoms with Gasteiger partial charge in [-0.2, -0.15) is 0 Å². The lowest BCUT2D eigenvalue weighted by Crippen LogP contribution is -2.10. The molecule has 1 nitrogen and oxygen atoms in total. The summed E-state index contributed by atoms with van der Waals surface area (Å²) in [6, 6.07) is 21.2. The second-order valence-corrected chi connectivity index (χ2v) is 6.80. The van der Waals surface area contributed by atoms with Gasteiger partial charge >= 0.3 is 0 Å². The Bertz CT molecular complexity index is 792. The molecule has 0 radical (unpaired) electrons. The van der Waals surface area contributed by atoms with Gasteiger partial charge in [-0.1, -0.05) is 81.4 Å². The van der Waals surface area contributed by atoms with E-state index in [1.54, 1.807) is 0 Å². The van der Waals surface area contributed by atoms with Crippen LogP contribution in [0.25, 0.3) is 21.9 Å². The van der Waals surface area contributed by atoms with E-state index in [1.165, 1.54) is 22.1 Å². The van der Waals surface area contributed by atoms with E-state index < -0.39 is 0 Å². The number of rotatable bonds is 2. The van der Waals surface area contributed by atoms with Crippen molar-refractivity contribution in [2.24, 2.45) is 0 Å². The zero-order chi connectivity index (χ0) is 15.7. The lowest BCUT2D eigenvalue weighted by atomic mass is 9.86. The molecule has 0 aliphatic heterocycles. The quantitative estimate of drug-likeness (QED) is 0.679. The molecule has 0 aliphatic carbocycles. The van der Waals surface area contributed by atoms with Gasteiger partial charge in [0.25, 0.3) is 0 Å². The molecule has 0 aromatic heterocycles. The van der Waals surface area contributed by atoms with Gasteiger partial charge in [-0.3, -0.25) is 0 Å². The highest BCUT2D eigenvalue weighted by Crippen LogP contribution is 2.32. The molecular formula is C21H22O. The maximum absolute atomic E-state index is 9.52. The van der Waals surface area contributed by atoms with Gasteiger partial charge in [0.05, 0.1) is 6.61 Å². The van der Waals surface area contributed by atoms with E-state index >= 15 is 0 Å². The van der Waals surface area contributed by atoms with Crippen molar-refractivity contribution in [3.05, 3.63) is 71.8 Å². The SMILES string of the molecule is CC(C)(C)c1ccc(-c2ccc(CO)c3ccccc23)cc1. The summed E-state index contributed by atoms with van der Waals surface area (Å²) < 4.78 is 0. The van der Waals surface area contributed by atoms with E-state index in [1.807, 2.05) is 12.1 Å². The van der Waals surface area contributed by atoms with Crippen molar-refractivity contribution in [3.63, 3.8) is 0 Å². The first kappa shape index (κ1) is 14.8. The van der Waals surface area contributed by atoms with Gasteiger partial charge in [-0.05, 0) is 38.4 Å². The van der Waals surface area contributed by atoms with Gasteiger partial charge in [-0.25, -0.2) is 0 Å². The van der Waals surface area contributed by atoms with E-state index in [0.29, 0.717) is 0 Å². The van der Waals surface area contributed by atoms with Crippen molar-refractivity contribution in [3.8, 4) is 11.1 Å². The van der Waals surface area contributed by atoms with Crippen LogP contribution in [0.15, 0.2) is 60.7 Å². The fraction of sp³-hybridized carbons (Fsp3) is 0.238. The molecule has 1 N–H and O–H groups in total. The van der Waals surface area contributed by atoms with Gasteiger partial charge in [0.2, 0.25) is 0 Å². The molecule has 3 aromatic rings. The third-order valence-corrected chi connectivity index (χ3v) is 4.25. The van der Waals surface area contributed by atoms with Crippen molar-refractivity contribution >= 4 is 10.8 Å². The van der Waals surface area contributed by atoms with E-state index in [9.17, 15) is 5.11 Å². The van der Waals surface area contributed by atoms with Crippen LogP contribution >= 0.6 is 0 Å². The third-order valence-electron chi connectivity index (χ3n) is 4.25. The van der Waals surface area contributed by atoms with Crippen LogP contribution in [0.2, 0.25) is 0 Å². The molecular weight excluding hydrogens is 268 g/mol. The molecule has 0 unspecified atom stereocenters.